The molecule has 2 amide bonds. The number of likely N-dealkylation sites (tertiary alicyclic amines) is 1. The Hall–Kier alpha value is -2.99. The first-order valence-corrected chi connectivity index (χ1v) is 11.0. The van der Waals surface area contributed by atoms with Crippen LogP contribution >= 0.6 is 11.9 Å². The van der Waals surface area contributed by atoms with Gasteiger partial charge in [0, 0.05) is 20.8 Å². The molecule has 12 nitrogen and oxygen atoms in total. The molecular formula is C22H36ClN3O9. The van der Waals surface area contributed by atoms with E-state index < -0.39 is 24.1 Å². The zero-order valence-electron chi connectivity index (χ0n) is 21.2. The molecule has 13 heteroatoms. The molecule has 2 fully saturated rings. The second-order valence-electron chi connectivity index (χ2n) is 7.22. The number of ether oxygens (including phenoxy) is 3. The van der Waals surface area contributed by atoms with Crippen LogP contribution in [-0.2, 0) is 42.5 Å². The SMILES string of the molecule is C=CC.C=NC(C)N1C(=O)C(OC(C)=O)C1C.CC(=O)OC1C(=O)NC1C.CC(=O)OCCOCl. The van der Waals surface area contributed by atoms with E-state index in [0.29, 0.717) is 0 Å². The quantitative estimate of drug-likeness (QED) is 0.131. The Labute approximate surface area is 211 Å². The number of carbonyl (C=O) groups is 5. The van der Waals surface area contributed by atoms with Crippen molar-refractivity contribution in [1.29, 1.82) is 0 Å². The van der Waals surface area contributed by atoms with Crippen LogP contribution in [0.1, 0.15) is 48.5 Å². The maximum Gasteiger partial charge on any atom is 0.303 e. The molecule has 2 heterocycles. The van der Waals surface area contributed by atoms with E-state index in [-0.39, 0.29) is 49.2 Å². The van der Waals surface area contributed by atoms with Gasteiger partial charge in [-0.05, 0) is 34.4 Å². The summed E-state index contributed by atoms with van der Waals surface area (Å²) in [5.41, 5.74) is 0. The Bertz CT molecular complexity index is 748. The fraction of sp³-hybridized carbons (Fsp3) is 0.636. The van der Waals surface area contributed by atoms with Gasteiger partial charge in [-0.3, -0.25) is 33.3 Å². The maximum atomic E-state index is 11.5. The minimum atomic E-state index is -0.642. The van der Waals surface area contributed by atoms with Gasteiger partial charge in [0.15, 0.2) is 12.2 Å². The van der Waals surface area contributed by atoms with Crippen LogP contribution < -0.4 is 5.32 Å². The van der Waals surface area contributed by atoms with Gasteiger partial charge in [0.25, 0.3) is 11.8 Å². The highest BCUT2D eigenvalue weighted by molar-refractivity contribution is 6.07. The molecule has 0 saturated carbocycles. The van der Waals surface area contributed by atoms with E-state index in [1.807, 2.05) is 13.8 Å². The summed E-state index contributed by atoms with van der Waals surface area (Å²) in [5, 5.41) is 2.54. The smallest absolute Gasteiger partial charge is 0.303 e. The molecule has 0 spiro atoms. The highest BCUT2D eigenvalue weighted by Crippen LogP contribution is 2.25. The first-order chi connectivity index (χ1) is 16.3. The van der Waals surface area contributed by atoms with E-state index in [2.05, 4.69) is 37.4 Å². The van der Waals surface area contributed by atoms with Crippen molar-refractivity contribution in [3.8, 4) is 0 Å². The highest BCUT2D eigenvalue weighted by Gasteiger charge is 2.48. The Balaban J connectivity index is 0. The van der Waals surface area contributed by atoms with Gasteiger partial charge in [-0.1, -0.05) is 6.08 Å². The van der Waals surface area contributed by atoms with Crippen molar-refractivity contribution in [2.24, 2.45) is 4.99 Å². The fourth-order valence-electron chi connectivity index (χ4n) is 2.62. The number of allylic oxidation sites excluding steroid dienone is 1. The molecule has 5 unspecified atom stereocenters. The molecule has 200 valence electrons. The van der Waals surface area contributed by atoms with Crippen LogP contribution in [0.25, 0.3) is 0 Å². The first-order valence-electron chi connectivity index (χ1n) is 10.7. The lowest BCUT2D eigenvalue weighted by molar-refractivity contribution is -0.183. The largest absolute Gasteiger partial charge is 0.463 e. The lowest BCUT2D eigenvalue weighted by Gasteiger charge is -2.46. The van der Waals surface area contributed by atoms with Gasteiger partial charge >= 0.3 is 17.9 Å². The van der Waals surface area contributed by atoms with Crippen LogP contribution in [0.5, 0.6) is 0 Å². The van der Waals surface area contributed by atoms with Gasteiger partial charge in [-0.15, -0.1) is 6.58 Å². The van der Waals surface area contributed by atoms with Crippen molar-refractivity contribution in [1.82, 2.24) is 10.2 Å². The molecule has 5 atom stereocenters. The number of halogens is 1. The molecule has 0 aromatic carbocycles. The Morgan fingerprint density at radius 1 is 1.09 bits per heavy atom. The molecular weight excluding hydrogens is 486 g/mol. The number of esters is 3. The van der Waals surface area contributed by atoms with Crippen LogP contribution in [0.3, 0.4) is 0 Å². The fourth-order valence-corrected chi connectivity index (χ4v) is 2.69. The Morgan fingerprint density at radius 2 is 1.57 bits per heavy atom. The number of carbonyl (C=O) groups excluding carboxylic acids is 5. The number of hydrogen-bond acceptors (Lipinski definition) is 10. The lowest BCUT2D eigenvalue weighted by Crippen LogP contribution is -2.66. The summed E-state index contributed by atoms with van der Waals surface area (Å²) < 4.78 is 18.0. The first kappa shape index (κ1) is 34.2. The van der Waals surface area contributed by atoms with Gasteiger partial charge in [0.05, 0.1) is 23.9 Å². The van der Waals surface area contributed by atoms with Crippen molar-refractivity contribution in [3.63, 3.8) is 0 Å². The van der Waals surface area contributed by atoms with Gasteiger partial charge in [0.2, 0.25) is 0 Å². The third-order valence-electron chi connectivity index (χ3n) is 4.18. The molecule has 35 heavy (non-hydrogen) atoms. The summed E-state index contributed by atoms with van der Waals surface area (Å²) in [6, 6.07) is -0.150. The highest BCUT2D eigenvalue weighted by atomic mass is 35.5. The van der Waals surface area contributed by atoms with E-state index in [1.54, 1.807) is 24.8 Å². The Morgan fingerprint density at radius 3 is 1.86 bits per heavy atom. The third kappa shape index (κ3) is 13.5. The summed E-state index contributed by atoms with van der Waals surface area (Å²) in [7, 11) is 0. The van der Waals surface area contributed by atoms with E-state index in [1.165, 1.54) is 20.8 Å². The predicted molar refractivity (Wildman–Crippen MR) is 128 cm³/mol. The average Bonchev–Trinajstić information content (AvgIpc) is 2.77. The Kier molecular flexibility index (Phi) is 17.9. The minimum absolute atomic E-state index is 0.0311. The van der Waals surface area contributed by atoms with Crippen LogP contribution in [0, 0.1) is 0 Å². The van der Waals surface area contributed by atoms with E-state index in [0.717, 1.165) is 0 Å². The number of rotatable bonds is 7. The van der Waals surface area contributed by atoms with Crippen molar-refractivity contribution < 1.29 is 42.5 Å². The zero-order chi connectivity index (χ0) is 27.7. The number of nitrogens with one attached hydrogen (secondary N) is 1. The van der Waals surface area contributed by atoms with E-state index in [9.17, 15) is 24.0 Å². The number of nitrogens with zero attached hydrogens (tertiary/aromatic N) is 2. The zero-order valence-corrected chi connectivity index (χ0v) is 22.0. The molecule has 0 radical (unpaired) electrons. The van der Waals surface area contributed by atoms with E-state index in [4.69, 9.17) is 16.6 Å². The molecule has 0 aromatic heterocycles. The van der Waals surface area contributed by atoms with Gasteiger partial charge in [-0.25, -0.2) is 0 Å². The van der Waals surface area contributed by atoms with Gasteiger partial charge < -0.3 is 24.4 Å². The maximum absolute atomic E-state index is 11.5. The van der Waals surface area contributed by atoms with Crippen molar-refractivity contribution in [2.75, 3.05) is 13.2 Å². The van der Waals surface area contributed by atoms with Gasteiger partial charge in [0.1, 0.15) is 19.4 Å². The number of aliphatic imine (C=N–C) groups is 1. The summed E-state index contributed by atoms with van der Waals surface area (Å²) in [4.78, 5) is 58.3. The number of β-lactam (4-membered cyclic amide) rings is 2. The summed E-state index contributed by atoms with van der Waals surface area (Å²) in [6.45, 7) is 18.4. The predicted octanol–water partition coefficient (Wildman–Crippen LogP) is 1.54. The van der Waals surface area contributed by atoms with E-state index >= 15 is 0 Å². The molecule has 2 aliphatic rings. The van der Waals surface area contributed by atoms with Crippen LogP contribution in [-0.4, -0.2) is 85.0 Å². The minimum Gasteiger partial charge on any atom is -0.463 e. The number of hydrogen-bond donors (Lipinski definition) is 1. The average molecular weight is 522 g/mol. The number of amides is 2. The molecule has 1 N–H and O–H groups in total. The molecule has 0 aromatic rings. The standard InChI is InChI=1S/C9H14N2O3.C6H9NO3.C4H7ClO3.C3H6/c1-5-8(14-7(3)12)9(13)11(5)6(2)10-4;1-3-5(6(9)7-3)10-4(2)8;1-4(6)7-2-3-8-5;1-3-2/h5-6,8H,4H2,1-3H3;3,5H,1-2H3,(H,7,9);2-3H2,1H3;3H,1H2,2H3. The van der Waals surface area contributed by atoms with Crippen LogP contribution in [0.4, 0.5) is 0 Å². The third-order valence-corrected chi connectivity index (χ3v) is 4.33. The lowest BCUT2D eigenvalue weighted by atomic mass is 9.99. The topological polar surface area (TPSA) is 150 Å². The van der Waals surface area contributed by atoms with Crippen molar-refractivity contribution >= 4 is 48.3 Å². The summed E-state index contributed by atoms with van der Waals surface area (Å²) in [6.07, 6.45) is 0.290. The summed E-state index contributed by atoms with van der Waals surface area (Å²) in [5.74, 6) is -1.57. The second kappa shape index (κ2) is 18.4. The monoisotopic (exact) mass is 521 g/mol. The molecule has 0 bridgehead atoms. The van der Waals surface area contributed by atoms with Crippen molar-refractivity contribution in [3.05, 3.63) is 12.7 Å². The second-order valence-corrected chi connectivity index (χ2v) is 7.44. The molecule has 2 rings (SSSR count). The van der Waals surface area contributed by atoms with Crippen LogP contribution in [0.15, 0.2) is 17.6 Å². The van der Waals surface area contributed by atoms with Crippen LogP contribution in [0.2, 0.25) is 0 Å². The summed E-state index contributed by atoms with van der Waals surface area (Å²) >= 11 is 4.79. The molecule has 0 aliphatic carbocycles. The van der Waals surface area contributed by atoms with Crippen molar-refractivity contribution in [2.45, 2.75) is 78.9 Å². The molecule has 2 aliphatic heterocycles. The normalized spacial score (nSPS) is 22.2. The molecule has 2 saturated heterocycles. The van der Waals surface area contributed by atoms with Gasteiger partial charge in [-0.2, -0.15) is 0 Å².